The molecule has 0 spiro atoms. The Balaban J connectivity index is 1.55. The van der Waals surface area contributed by atoms with Gasteiger partial charge in [0.15, 0.2) is 0 Å². The number of hydrogen-bond donors (Lipinski definition) is 2. The number of halogens is 1. The molecular formula is C18H18ClN5OS. The Bertz CT molecular complexity index is 879. The summed E-state index contributed by atoms with van der Waals surface area (Å²) in [5.41, 5.74) is 2.96. The molecule has 2 N–H and O–H groups in total. The van der Waals surface area contributed by atoms with E-state index in [0.717, 1.165) is 21.8 Å². The normalized spacial score (nSPS) is 11.8. The van der Waals surface area contributed by atoms with E-state index in [4.69, 9.17) is 11.6 Å². The Morgan fingerprint density at radius 1 is 1.19 bits per heavy atom. The number of aryl methyl sites for hydroxylation is 1. The fraction of sp³-hybridized carbons (Fsp3) is 0.222. The number of hydrogen-bond acceptors (Lipinski definition) is 5. The molecule has 2 heterocycles. The van der Waals surface area contributed by atoms with Crippen molar-refractivity contribution in [1.82, 2.24) is 20.5 Å². The van der Waals surface area contributed by atoms with Gasteiger partial charge < -0.3 is 5.32 Å². The van der Waals surface area contributed by atoms with Gasteiger partial charge in [0.05, 0.1) is 6.04 Å². The molecule has 2 amide bonds. The lowest BCUT2D eigenvalue weighted by molar-refractivity contribution is 0.249. The van der Waals surface area contributed by atoms with Crippen LogP contribution in [-0.2, 0) is 6.42 Å². The molecule has 0 aliphatic carbocycles. The molecule has 3 rings (SSSR count). The van der Waals surface area contributed by atoms with Gasteiger partial charge in [-0.15, -0.1) is 10.2 Å². The third-order valence-electron chi connectivity index (χ3n) is 3.74. The molecule has 1 aromatic carbocycles. The van der Waals surface area contributed by atoms with Gasteiger partial charge in [-0.25, -0.2) is 4.79 Å². The highest BCUT2D eigenvalue weighted by atomic mass is 35.5. The number of aromatic nitrogens is 3. The van der Waals surface area contributed by atoms with E-state index in [-0.39, 0.29) is 12.1 Å². The van der Waals surface area contributed by atoms with Crippen molar-refractivity contribution < 1.29 is 4.79 Å². The van der Waals surface area contributed by atoms with Gasteiger partial charge in [-0.2, -0.15) is 0 Å². The molecule has 0 aliphatic rings. The van der Waals surface area contributed by atoms with Gasteiger partial charge in [0.1, 0.15) is 5.01 Å². The van der Waals surface area contributed by atoms with Crippen LogP contribution in [0.5, 0.6) is 0 Å². The molecule has 0 aliphatic heterocycles. The van der Waals surface area contributed by atoms with Gasteiger partial charge in [-0.05, 0) is 43.2 Å². The Hall–Kier alpha value is -2.51. The van der Waals surface area contributed by atoms with Gasteiger partial charge in [0, 0.05) is 23.3 Å². The summed E-state index contributed by atoms with van der Waals surface area (Å²) in [4.78, 5) is 16.4. The molecule has 2 aromatic heterocycles. The Morgan fingerprint density at radius 2 is 1.96 bits per heavy atom. The number of nitrogens with zero attached hydrogens (tertiary/aromatic N) is 3. The Kier molecular flexibility index (Phi) is 5.80. The predicted molar refractivity (Wildman–Crippen MR) is 104 cm³/mol. The summed E-state index contributed by atoms with van der Waals surface area (Å²) in [6.07, 6.45) is 2.40. The van der Waals surface area contributed by atoms with E-state index in [1.165, 1.54) is 11.3 Å². The predicted octanol–water partition coefficient (Wildman–Crippen LogP) is 4.37. The standard InChI is InChI=1S/C18H18ClN5OS/c1-11-3-6-14(10-20-11)12(2)21-17(25)22-18-24-23-16(26-18)9-13-4-7-15(19)8-5-13/h3-8,10,12H,9H2,1-2H3,(H2,21,22,24,25)/t12-/m1/s1. The highest BCUT2D eigenvalue weighted by molar-refractivity contribution is 7.15. The van der Waals surface area contributed by atoms with E-state index in [9.17, 15) is 4.79 Å². The zero-order valence-corrected chi connectivity index (χ0v) is 15.9. The lowest BCUT2D eigenvalue weighted by Crippen LogP contribution is -2.31. The van der Waals surface area contributed by atoms with Crippen LogP contribution < -0.4 is 10.6 Å². The summed E-state index contributed by atoms with van der Waals surface area (Å²) in [7, 11) is 0. The van der Waals surface area contributed by atoms with Crippen molar-refractivity contribution in [2.45, 2.75) is 26.3 Å². The molecule has 8 heteroatoms. The fourth-order valence-corrected chi connectivity index (χ4v) is 3.20. The number of nitrogens with one attached hydrogen (secondary N) is 2. The van der Waals surface area contributed by atoms with Crippen LogP contribution in [0.3, 0.4) is 0 Å². The van der Waals surface area contributed by atoms with Crippen molar-refractivity contribution in [1.29, 1.82) is 0 Å². The number of carbonyl (C=O) groups excluding carboxylic acids is 1. The van der Waals surface area contributed by atoms with Crippen molar-refractivity contribution >= 4 is 34.1 Å². The van der Waals surface area contributed by atoms with E-state index in [1.54, 1.807) is 6.20 Å². The minimum Gasteiger partial charge on any atom is -0.331 e. The van der Waals surface area contributed by atoms with Crippen LogP contribution in [0.1, 0.15) is 34.8 Å². The van der Waals surface area contributed by atoms with Gasteiger partial charge in [0.25, 0.3) is 0 Å². The third-order valence-corrected chi connectivity index (χ3v) is 4.83. The van der Waals surface area contributed by atoms with Gasteiger partial charge in [0.2, 0.25) is 5.13 Å². The quantitative estimate of drug-likeness (QED) is 0.681. The number of urea groups is 1. The number of pyridine rings is 1. The highest BCUT2D eigenvalue weighted by Gasteiger charge is 2.12. The fourth-order valence-electron chi connectivity index (χ4n) is 2.30. The molecule has 0 bridgehead atoms. The van der Waals surface area contributed by atoms with Gasteiger partial charge >= 0.3 is 6.03 Å². The van der Waals surface area contributed by atoms with Crippen LogP contribution in [0.2, 0.25) is 5.02 Å². The van der Waals surface area contributed by atoms with E-state index >= 15 is 0 Å². The molecule has 3 aromatic rings. The van der Waals surface area contributed by atoms with Crippen molar-refractivity contribution in [3.05, 3.63) is 69.4 Å². The SMILES string of the molecule is Cc1ccc([C@@H](C)NC(=O)Nc2nnc(Cc3ccc(Cl)cc3)s2)cn1. The number of carbonyl (C=O) groups is 1. The van der Waals surface area contributed by atoms with Crippen LogP contribution in [0.4, 0.5) is 9.93 Å². The molecule has 0 saturated carbocycles. The topological polar surface area (TPSA) is 79.8 Å². The Labute approximate surface area is 160 Å². The summed E-state index contributed by atoms with van der Waals surface area (Å²) in [6.45, 7) is 3.82. The molecule has 134 valence electrons. The Morgan fingerprint density at radius 3 is 2.65 bits per heavy atom. The molecule has 0 unspecified atom stereocenters. The number of amides is 2. The average molecular weight is 388 g/mol. The molecule has 6 nitrogen and oxygen atoms in total. The zero-order valence-electron chi connectivity index (χ0n) is 14.4. The smallest absolute Gasteiger partial charge is 0.321 e. The number of anilines is 1. The second kappa shape index (κ2) is 8.25. The zero-order chi connectivity index (χ0) is 18.5. The maximum Gasteiger partial charge on any atom is 0.321 e. The first kappa shape index (κ1) is 18.3. The van der Waals surface area contributed by atoms with Crippen molar-refractivity contribution in [2.75, 3.05) is 5.32 Å². The van der Waals surface area contributed by atoms with Crippen LogP contribution in [0.25, 0.3) is 0 Å². The lowest BCUT2D eigenvalue weighted by Gasteiger charge is -2.13. The van der Waals surface area contributed by atoms with Crippen molar-refractivity contribution in [3.8, 4) is 0 Å². The summed E-state index contributed by atoms with van der Waals surface area (Å²) >= 11 is 7.23. The second-order valence-corrected chi connectivity index (χ2v) is 7.36. The van der Waals surface area contributed by atoms with E-state index in [2.05, 4.69) is 25.8 Å². The average Bonchev–Trinajstić information content (AvgIpc) is 3.04. The first-order chi connectivity index (χ1) is 12.5. The van der Waals surface area contributed by atoms with Crippen LogP contribution in [-0.4, -0.2) is 21.2 Å². The molecule has 26 heavy (non-hydrogen) atoms. The highest BCUT2D eigenvalue weighted by Crippen LogP contribution is 2.20. The minimum atomic E-state index is -0.327. The largest absolute Gasteiger partial charge is 0.331 e. The van der Waals surface area contributed by atoms with E-state index < -0.39 is 0 Å². The summed E-state index contributed by atoms with van der Waals surface area (Å²) < 4.78 is 0. The maximum absolute atomic E-state index is 12.1. The molecule has 1 atom stereocenters. The summed E-state index contributed by atoms with van der Waals surface area (Å²) in [6, 6.07) is 10.9. The van der Waals surface area contributed by atoms with Gasteiger partial charge in [-0.1, -0.05) is 41.1 Å². The maximum atomic E-state index is 12.1. The third kappa shape index (κ3) is 5.00. The van der Waals surface area contributed by atoms with Crippen molar-refractivity contribution in [2.24, 2.45) is 0 Å². The summed E-state index contributed by atoms with van der Waals surface area (Å²) in [5.74, 6) is 0. The van der Waals surface area contributed by atoms with E-state index in [1.807, 2.05) is 50.2 Å². The van der Waals surface area contributed by atoms with Crippen LogP contribution >= 0.6 is 22.9 Å². The monoisotopic (exact) mass is 387 g/mol. The van der Waals surface area contributed by atoms with E-state index in [0.29, 0.717) is 16.6 Å². The van der Waals surface area contributed by atoms with Crippen LogP contribution in [0.15, 0.2) is 42.6 Å². The molecule has 0 radical (unpaired) electrons. The molecule has 0 saturated heterocycles. The number of benzene rings is 1. The summed E-state index contributed by atoms with van der Waals surface area (Å²) in [5, 5.41) is 15.7. The number of rotatable bonds is 5. The van der Waals surface area contributed by atoms with Gasteiger partial charge in [-0.3, -0.25) is 10.3 Å². The first-order valence-electron chi connectivity index (χ1n) is 8.06. The molecule has 0 fully saturated rings. The van der Waals surface area contributed by atoms with Crippen LogP contribution in [0, 0.1) is 6.92 Å². The second-order valence-electron chi connectivity index (χ2n) is 5.86. The van der Waals surface area contributed by atoms with Crippen molar-refractivity contribution in [3.63, 3.8) is 0 Å². The minimum absolute atomic E-state index is 0.162. The lowest BCUT2D eigenvalue weighted by atomic mass is 10.1. The first-order valence-corrected chi connectivity index (χ1v) is 9.26. The molecular weight excluding hydrogens is 370 g/mol.